The van der Waals surface area contributed by atoms with E-state index in [2.05, 4.69) is 48.0 Å². The number of nitrogens with one attached hydrogen (secondary N) is 1. The Kier molecular flexibility index (Phi) is 9.21. The molecule has 162 valence electrons. The largest absolute Gasteiger partial charge is 0.497 e. The number of hydrogen-bond acceptors (Lipinski definition) is 4. The predicted octanol–water partition coefficient (Wildman–Crippen LogP) is 5.46. The molecule has 30 heavy (non-hydrogen) atoms. The van der Waals surface area contributed by atoms with E-state index in [1.165, 1.54) is 0 Å². The van der Waals surface area contributed by atoms with Gasteiger partial charge < -0.3 is 14.4 Å². The molecular weight excluding hydrogens is 398 g/mol. The van der Waals surface area contributed by atoms with Crippen LogP contribution in [-0.4, -0.2) is 48.4 Å². The minimum absolute atomic E-state index is 0. The normalized spacial score (nSPS) is 10.7. The van der Waals surface area contributed by atoms with Crippen LogP contribution in [-0.2, 0) is 6.42 Å². The molecule has 0 saturated carbocycles. The highest BCUT2D eigenvalue weighted by Crippen LogP contribution is 2.39. The second-order valence-electron chi connectivity index (χ2n) is 6.88. The summed E-state index contributed by atoms with van der Waals surface area (Å²) in [6.07, 6.45) is 0.867. The Hall–Kier alpha value is -2.50. The topological polar surface area (TPSA) is 50.4 Å². The highest BCUT2D eigenvalue weighted by Gasteiger charge is 2.19. The zero-order valence-electron chi connectivity index (χ0n) is 18.3. The fourth-order valence-corrected chi connectivity index (χ4v) is 3.51. The first-order chi connectivity index (χ1) is 14.2. The Bertz CT molecular complexity index is 905. The lowest BCUT2D eigenvalue weighted by atomic mass is 9.97. The van der Waals surface area contributed by atoms with E-state index in [9.17, 15) is 0 Å². The van der Waals surface area contributed by atoms with Gasteiger partial charge in [0.1, 0.15) is 23.8 Å². The Morgan fingerprint density at radius 3 is 2.30 bits per heavy atom. The highest BCUT2D eigenvalue weighted by molar-refractivity contribution is 5.86. The second-order valence-corrected chi connectivity index (χ2v) is 6.88. The minimum Gasteiger partial charge on any atom is -0.497 e. The highest BCUT2D eigenvalue weighted by atomic mass is 35.5. The number of benzene rings is 2. The van der Waals surface area contributed by atoms with Crippen molar-refractivity contribution in [2.75, 3.05) is 33.4 Å². The molecule has 5 nitrogen and oxygen atoms in total. The molecule has 3 aromatic rings. The maximum Gasteiger partial charge on any atom is 0.127 e. The molecule has 0 fully saturated rings. The van der Waals surface area contributed by atoms with E-state index in [4.69, 9.17) is 9.47 Å². The first-order valence-corrected chi connectivity index (χ1v) is 10.4. The molecule has 0 aliphatic heterocycles. The molecule has 1 N–H and O–H groups in total. The number of para-hydroxylation sites is 1. The third-order valence-corrected chi connectivity index (χ3v) is 5.27. The van der Waals surface area contributed by atoms with E-state index in [-0.39, 0.29) is 12.4 Å². The lowest BCUT2D eigenvalue weighted by Crippen LogP contribution is -2.27. The van der Waals surface area contributed by atoms with Crippen molar-refractivity contribution in [3.05, 3.63) is 54.2 Å². The van der Waals surface area contributed by atoms with Crippen LogP contribution in [0.25, 0.3) is 22.4 Å². The van der Waals surface area contributed by atoms with Crippen molar-refractivity contribution in [3.8, 4) is 33.9 Å². The van der Waals surface area contributed by atoms with Gasteiger partial charge in [-0.3, -0.25) is 5.10 Å². The van der Waals surface area contributed by atoms with Gasteiger partial charge in [0.15, 0.2) is 0 Å². The summed E-state index contributed by atoms with van der Waals surface area (Å²) in [5.41, 5.74) is 5.27. The van der Waals surface area contributed by atoms with E-state index >= 15 is 0 Å². The van der Waals surface area contributed by atoms with Crippen LogP contribution in [0.1, 0.15) is 26.5 Å². The van der Waals surface area contributed by atoms with E-state index in [0.717, 1.165) is 65.6 Å². The standard InChI is InChI=1S/C24H31N3O2.ClH/c1-5-21-23(24(26-25-21)18-12-14-19(28-4)15-13-18)20-10-8-9-11-22(20)29-17-16-27(6-2)7-3;/h8-15H,5-7,16-17H2,1-4H3,(H,25,26);1H. The molecule has 0 amide bonds. The van der Waals surface area contributed by atoms with Crippen molar-refractivity contribution in [3.63, 3.8) is 0 Å². The molecule has 0 aliphatic rings. The molecular formula is C24H32ClN3O2. The molecule has 2 aromatic carbocycles. The zero-order valence-corrected chi connectivity index (χ0v) is 19.1. The van der Waals surface area contributed by atoms with Gasteiger partial charge in [0.05, 0.1) is 7.11 Å². The van der Waals surface area contributed by atoms with E-state index in [1.54, 1.807) is 7.11 Å². The molecule has 0 atom stereocenters. The Morgan fingerprint density at radius 2 is 1.67 bits per heavy atom. The van der Waals surface area contributed by atoms with Crippen LogP contribution in [0.2, 0.25) is 0 Å². The van der Waals surface area contributed by atoms with Crippen molar-refractivity contribution in [2.45, 2.75) is 27.2 Å². The number of nitrogens with zero attached hydrogens (tertiary/aromatic N) is 2. The molecule has 1 heterocycles. The second kappa shape index (κ2) is 11.6. The number of rotatable bonds is 10. The number of aromatic nitrogens is 2. The first-order valence-electron chi connectivity index (χ1n) is 10.4. The number of aryl methyl sites for hydroxylation is 1. The van der Waals surface area contributed by atoms with Gasteiger partial charge in [-0.25, -0.2) is 0 Å². The van der Waals surface area contributed by atoms with Crippen LogP contribution in [0.3, 0.4) is 0 Å². The van der Waals surface area contributed by atoms with Crippen LogP contribution in [0, 0.1) is 0 Å². The van der Waals surface area contributed by atoms with Gasteiger partial charge in [-0.1, -0.05) is 39.0 Å². The third-order valence-electron chi connectivity index (χ3n) is 5.27. The van der Waals surface area contributed by atoms with Gasteiger partial charge in [-0.05, 0) is 49.8 Å². The summed E-state index contributed by atoms with van der Waals surface area (Å²) < 4.78 is 11.5. The Labute approximate surface area is 185 Å². The van der Waals surface area contributed by atoms with Crippen LogP contribution >= 0.6 is 12.4 Å². The van der Waals surface area contributed by atoms with Gasteiger partial charge in [-0.2, -0.15) is 5.10 Å². The zero-order chi connectivity index (χ0) is 20.6. The van der Waals surface area contributed by atoms with Crippen molar-refractivity contribution in [1.29, 1.82) is 0 Å². The van der Waals surface area contributed by atoms with Crippen molar-refractivity contribution in [1.82, 2.24) is 15.1 Å². The number of hydrogen-bond donors (Lipinski definition) is 1. The average molecular weight is 430 g/mol. The molecule has 0 bridgehead atoms. The summed E-state index contributed by atoms with van der Waals surface area (Å²) in [4.78, 5) is 2.36. The van der Waals surface area contributed by atoms with Gasteiger partial charge in [-0.15, -0.1) is 12.4 Å². The predicted molar refractivity (Wildman–Crippen MR) is 126 cm³/mol. The molecule has 0 unspecified atom stereocenters. The molecule has 3 rings (SSSR count). The quantitative estimate of drug-likeness (QED) is 0.465. The number of methoxy groups -OCH3 is 1. The third kappa shape index (κ3) is 5.35. The van der Waals surface area contributed by atoms with Crippen LogP contribution in [0.15, 0.2) is 48.5 Å². The summed E-state index contributed by atoms with van der Waals surface area (Å²) in [5.74, 6) is 1.73. The van der Waals surface area contributed by atoms with Crippen molar-refractivity contribution >= 4 is 12.4 Å². The molecule has 1 aromatic heterocycles. The minimum atomic E-state index is 0. The monoisotopic (exact) mass is 429 g/mol. The van der Waals surface area contributed by atoms with Crippen molar-refractivity contribution < 1.29 is 9.47 Å². The number of likely N-dealkylation sites (N-methyl/N-ethyl adjacent to an activating group) is 1. The van der Waals surface area contributed by atoms with Crippen LogP contribution < -0.4 is 9.47 Å². The molecule has 0 aliphatic carbocycles. The van der Waals surface area contributed by atoms with Gasteiger partial charge in [0.2, 0.25) is 0 Å². The van der Waals surface area contributed by atoms with Gasteiger partial charge >= 0.3 is 0 Å². The number of aromatic amines is 1. The molecule has 0 radical (unpaired) electrons. The fraction of sp³-hybridized carbons (Fsp3) is 0.375. The average Bonchev–Trinajstić information content (AvgIpc) is 3.21. The lowest BCUT2D eigenvalue weighted by molar-refractivity contribution is 0.223. The van der Waals surface area contributed by atoms with Gasteiger partial charge in [0.25, 0.3) is 0 Å². The number of ether oxygens (including phenoxy) is 2. The van der Waals surface area contributed by atoms with Crippen molar-refractivity contribution in [2.24, 2.45) is 0 Å². The maximum absolute atomic E-state index is 6.22. The van der Waals surface area contributed by atoms with Crippen LogP contribution in [0.4, 0.5) is 0 Å². The Morgan fingerprint density at radius 1 is 0.967 bits per heavy atom. The summed E-state index contributed by atoms with van der Waals surface area (Å²) in [6.45, 7) is 10.1. The first kappa shape index (κ1) is 23.8. The van der Waals surface area contributed by atoms with Gasteiger partial charge in [0, 0.05) is 28.9 Å². The summed E-state index contributed by atoms with van der Waals surface area (Å²) in [6, 6.07) is 16.2. The number of H-pyrrole nitrogens is 1. The van der Waals surface area contributed by atoms with E-state index in [0.29, 0.717) is 6.61 Å². The summed E-state index contributed by atoms with van der Waals surface area (Å²) in [5, 5.41) is 7.86. The molecule has 0 spiro atoms. The number of halogens is 1. The molecule has 6 heteroatoms. The van der Waals surface area contributed by atoms with E-state index in [1.807, 2.05) is 36.4 Å². The SMILES string of the molecule is CCc1[nH]nc(-c2ccc(OC)cc2)c1-c1ccccc1OCCN(CC)CC.Cl. The summed E-state index contributed by atoms with van der Waals surface area (Å²) in [7, 11) is 1.68. The Balaban J connectivity index is 0.00000320. The summed E-state index contributed by atoms with van der Waals surface area (Å²) >= 11 is 0. The maximum atomic E-state index is 6.22. The fourth-order valence-electron chi connectivity index (χ4n) is 3.51. The van der Waals surface area contributed by atoms with E-state index < -0.39 is 0 Å². The lowest BCUT2D eigenvalue weighted by Gasteiger charge is -2.19. The smallest absolute Gasteiger partial charge is 0.127 e. The van der Waals surface area contributed by atoms with Crippen LogP contribution in [0.5, 0.6) is 11.5 Å². The molecule has 0 saturated heterocycles.